The summed E-state index contributed by atoms with van der Waals surface area (Å²) in [4.78, 5) is 19.2. The molecule has 0 fully saturated rings. The van der Waals surface area contributed by atoms with Gasteiger partial charge < -0.3 is 9.52 Å². The molecular formula is C11H10N2O3. The van der Waals surface area contributed by atoms with Crippen LogP contribution in [0.15, 0.2) is 22.8 Å². The third-order valence-electron chi connectivity index (χ3n) is 2.23. The van der Waals surface area contributed by atoms with Gasteiger partial charge in [0.25, 0.3) is 0 Å². The molecule has 0 aliphatic carbocycles. The first kappa shape index (κ1) is 10.4. The van der Waals surface area contributed by atoms with Crippen molar-refractivity contribution in [2.45, 2.75) is 13.8 Å². The fraction of sp³-hybridized carbons (Fsp3) is 0.182. The first-order valence-corrected chi connectivity index (χ1v) is 4.72. The Kier molecular flexibility index (Phi) is 2.44. The molecule has 0 amide bonds. The fourth-order valence-corrected chi connectivity index (χ4v) is 1.54. The van der Waals surface area contributed by atoms with Crippen LogP contribution in [0.2, 0.25) is 0 Å². The highest BCUT2D eigenvalue weighted by Crippen LogP contribution is 2.18. The molecular weight excluding hydrogens is 208 g/mol. The zero-order valence-corrected chi connectivity index (χ0v) is 8.89. The molecule has 0 aromatic carbocycles. The van der Waals surface area contributed by atoms with Gasteiger partial charge in [-0.1, -0.05) is 0 Å². The monoisotopic (exact) mass is 218 g/mol. The SMILES string of the molecule is Cc1nc(-c2ccco2)nc(C)c1C(=O)O. The zero-order valence-electron chi connectivity index (χ0n) is 8.89. The van der Waals surface area contributed by atoms with Crippen molar-refractivity contribution in [1.82, 2.24) is 9.97 Å². The van der Waals surface area contributed by atoms with E-state index in [1.54, 1.807) is 26.0 Å². The Balaban J connectivity index is 2.58. The van der Waals surface area contributed by atoms with E-state index in [0.29, 0.717) is 23.0 Å². The number of carboxylic acid groups (broad SMARTS) is 1. The minimum absolute atomic E-state index is 0.148. The van der Waals surface area contributed by atoms with Crippen LogP contribution in [0.3, 0.4) is 0 Å². The van der Waals surface area contributed by atoms with Crippen LogP contribution in [-0.4, -0.2) is 21.0 Å². The van der Waals surface area contributed by atoms with E-state index < -0.39 is 5.97 Å². The summed E-state index contributed by atoms with van der Waals surface area (Å²) >= 11 is 0. The number of carbonyl (C=O) groups is 1. The quantitative estimate of drug-likeness (QED) is 0.834. The molecule has 0 saturated heterocycles. The van der Waals surface area contributed by atoms with E-state index in [0.717, 1.165) is 0 Å². The van der Waals surface area contributed by atoms with Crippen LogP contribution in [0.4, 0.5) is 0 Å². The molecule has 0 aliphatic rings. The van der Waals surface area contributed by atoms with Crippen molar-refractivity contribution in [3.63, 3.8) is 0 Å². The van der Waals surface area contributed by atoms with E-state index in [9.17, 15) is 4.79 Å². The molecule has 0 atom stereocenters. The molecule has 0 bridgehead atoms. The second-order valence-corrected chi connectivity index (χ2v) is 3.38. The summed E-state index contributed by atoms with van der Waals surface area (Å²) in [6, 6.07) is 3.46. The van der Waals surface area contributed by atoms with Crippen LogP contribution in [-0.2, 0) is 0 Å². The van der Waals surface area contributed by atoms with Crippen molar-refractivity contribution in [3.8, 4) is 11.6 Å². The standard InChI is InChI=1S/C11H10N2O3/c1-6-9(11(14)15)7(2)13-10(12-6)8-4-3-5-16-8/h3-5H,1-2H3,(H,14,15). The minimum Gasteiger partial charge on any atom is -0.478 e. The summed E-state index contributed by atoms with van der Waals surface area (Å²) in [5.74, 6) is -0.0749. The molecule has 0 spiro atoms. The van der Waals surface area contributed by atoms with Crippen molar-refractivity contribution < 1.29 is 14.3 Å². The molecule has 5 heteroatoms. The Hall–Kier alpha value is -2.17. The van der Waals surface area contributed by atoms with Gasteiger partial charge in [-0.2, -0.15) is 0 Å². The average molecular weight is 218 g/mol. The predicted octanol–water partition coefficient (Wildman–Crippen LogP) is 2.05. The summed E-state index contributed by atoms with van der Waals surface area (Å²) < 4.78 is 5.16. The lowest BCUT2D eigenvalue weighted by Crippen LogP contribution is -2.08. The third kappa shape index (κ3) is 1.67. The Labute approximate surface area is 91.8 Å². The van der Waals surface area contributed by atoms with E-state index in [1.165, 1.54) is 6.26 Å². The lowest BCUT2D eigenvalue weighted by molar-refractivity contribution is 0.0694. The molecule has 2 rings (SSSR count). The molecule has 82 valence electrons. The van der Waals surface area contributed by atoms with E-state index in [2.05, 4.69) is 9.97 Å². The molecule has 0 saturated carbocycles. The Morgan fingerprint density at radius 1 is 1.31 bits per heavy atom. The lowest BCUT2D eigenvalue weighted by Gasteiger charge is -2.05. The number of aromatic carboxylic acids is 1. The number of aryl methyl sites for hydroxylation is 2. The third-order valence-corrected chi connectivity index (χ3v) is 2.23. The summed E-state index contributed by atoms with van der Waals surface area (Å²) in [7, 11) is 0. The van der Waals surface area contributed by atoms with Crippen LogP contribution in [0, 0.1) is 13.8 Å². The zero-order chi connectivity index (χ0) is 11.7. The van der Waals surface area contributed by atoms with Gasteiger partial charge >= 0.3 is 5.97 Å². The smallest absolute Gasteiger partial charge is 0.339 e. The molecule has 1 N–H and O–H groups in total. The molecule has 2 aromatic rings. The van der Waals surface area contributed by atoms with Crippen molar-refractivity contribution in [2.24, 2.45) is 0 Å². The van der Waals surface area contributed by atoms with E-state index in [1.807, 2.05) is 0 Å². The summed E-state index contributed by atoms with van der Waals surface area (Å²) in [5.41, 5.74) is 1.02. The van der Waals surface area contributed by atoms with Gasteiger partial charge in [-0.25, -0.2) is 14.8 Å². The average Bonchev–Trinajstić information content (AvgIpc) is 2.67. The first-order chi connectivity index (χ1) is 7.59. The van der Waals surface area contributed by atoms with Gasteiger partial charge in [0.2, 0.25) is 0 Å². The van der Waals surface area contributed by atoms with Gasteiger partial charge in [0.05, 0.1) is 17.7 Å². The maximum atomic E-state index is 10.9. The molecule has 16 heavy (non-hydrogen) atoms. The summed E-state index contributed by atoms with van der Waals surface area (Å²) in [6.45, 7) is 3.29. The second kappa shape index (κ2) is 3.77. The number of furan rings is 1. The Morgan fingerprint density at radius 3 is 2.38 bits per heavy atom. The minimum atomic E-state index is -1.01. The number of carboxylic acids is 1. The van der Waals surface area contributed by atoms with Crippen LogP contribution in [0.5, 0.6) is 0 Å². The topological polar surface area (TPSA) is 76.2 Å². The van der Waals surface area contributed by atoms with Gasteiger partial charge in [-0.15, -0.1) is 0 Å². The van der Waals surface area contributed by atoms with E-state index in [4.69, 9.17) is 9.52 Å². The molecule has 0 radical (unpaired) electrons. The molecule has 5 nitrogen and oxygen atoms in total. The van der Waals surface area contributed by atoms with Gasteiger partial charge in [-0.3, -0.25) is 0 Å². The van der Waals surface area contributed by atoms with Crippen molar-refractivity contribution >= 4 is 5.97 Å². The van der Waals surface area contributed by atoms with Crippen molar-refractivity contribution in [2.75, 3.05) is 0 Å². The molecule has 2 heterocycles. The van der Waals surface area contributed by atoms with Crippen molar-refractivity contribution in [3.05, 3.63) is 35.3 Å². The Bertz CT molecular complexity index is 509. The second-order valence-electron chi connectivity index (χ2n) is 3.38. The van der Waals surface area contributed by atoms with Crippen LogP contribution in [0.1, 0.15) is 21.7 Å². The number of nitrogens with zero attached hydrogens (tertiary/aromatic N) is 2. The summed E-state index contributed by atoms with van der Waals surface area (Å²) in [5, 5.41) is 8.96. The lowest BCUT2D eigenvalue weighted by atomic mass is 10.1. The van der Waals surface area contributed by atoms with Crippen molar-refractivity contribution in [1.29, 1.82) is 0 Å². The number of hydrogen-bond donors (Lipinski definition) is 1. The van der Waals surface area contributed by atoms with Gasteiger partial charge in [0.15, 0.2) is 11.6 Å². The van der Waals surface area contributed by atoms with Gasteiger partial charge in [0, 0.05) is 0 Å². The molecule has 2 aromatic heterocycles. The van der Waals surface area contributed by atoms with E-state index >= 15 is 0 Å². The number of hydrogen-bond acceptors (Lipinski definition) is 4. The highest BCUT2D eigenvalue weighted by atomic mass is 16.4. The normalized spacial score (nSPS) is 10.4. The number of aromatic nitrogens is 2. The summed E-state index contributed by atoms with van der Waals surface area (Å²) in [6.07, 6.45) is 1.52. The first-order valence-electron chi connectivity index (χ1n) is 4.72. The van der Waals surface area contributed by atoms with Crippen LogP contribution >= 0.6 is 0 Å². The predicted molar refractivity (Wildman–Crippen MR) is 56.2 cm³/mol. The highest BCUT2D eigenvalue weighted by Gasteiger charge is 2.16. The molecule has 0 unspecified atom stereocenters. The van der Waals surface area contributed by atoms with Gasteiger partial charge in [0.1, 0.15) is 5.56 Å². The molecule has 0 aliphatic heterocycles. The highest BCUT2D eigenvalue weighted by molar-refractivity contribution is 5.90. The van der Waals surface area contributed by atoms with Crippen LogP contribution in [0.25, 0.3) is 11.6 Å². The maximum Gasteiger partial charge on any atom is 0.339 e. The fourth-order valence-electron chi connectivity index (χ4n) is 1.54. The maximum absolute atomic E-state index is 10.9. The van der Waals surface area contributed by atoms with Gasteiger partial charge in [-0.05, 0) is 26.0 Å². The number of rotatable bonds is 2. The van der Waals surface area contributed by atoms with Crippen LogP contribution < -0.4 is 0 Å². The van der Waals surface area contributed by atoms with E-state index in [-0.39, 0.29) is 5.56 Å². The Morgan fingerprint density at radius 2 is 1.94 bits per heavy atom. The largest absolute Gasteiger partial charge is 0.478 e.